The van der Waals surface area contributed by atoms with E-state index >= 15 is 0 Å². The molecular weight excluding hydrogens is 436 g/mol. The van der Waals surface area contributed by atoms with E-state index in [1.165, 1.54) is 10.1 Å². The average molecular weight is 465 g/mol. The van der Waals surface area contributed by atoms with Gasteiger partial charge < -0.3 is 19.3 Å². The summed E-state index contributed by atoms with van der Waals surface area (Å²) in [6.45, 7) is 7.19. The first-order chi connectivity index (χ1) is 16.2. The molecule has 1 unspecified atom stereocenters. The Kier molecular flexibility index (Phi) is 5.55. The van der Waals surface area contributed by atoms with E-state index in [4.69, 9.17) is 13.8 Å². The summed E-state index contributed by atoms with van der Waals surface area (Å²) >= 11 is 1.59. The highest BCUT2D eigenvalue weighted by Gasteiger charge is 2.29. The molecular formula is C25H28N4O3S. The number of hydrogen-bond donors (Lipinski definition) is 0. The zero-order valence-corrected chi connectivity index (χ0v) is 19.4. The van der Waals surface area contributed by atoms with Gasteiger partial charge in [0.15, 0.2) is 11.5 Å². The number of aromatic nitrogens is 1. The highest BCUT2D eigenvalue weighted by molar-refractivity contribution is 7.13. The minimum absolute atomic E-state index is 0.0971. The molecule has 2 fully saturated rings. The number of piperazine rings is 1. The third kappa shape index (κ3) is 4.13. The number of amides is 1. The van der Waals surface area contributed by atoms with Crippen LogP contribution in [0.15, 0.2) is 42.5 Å². The Balaban J connectivity index is 0.983. The second kappa shape index (κ2) is 8.83. The SMILES string of the molecule is O=C(c1ccc2c(c1)OCO2)N1CCC(CCN2CCN(c3nsc4ccccc34)CC2)C1. The van der Waals surface area contributed by atoms with Gasteiger partial charge in [-0.15, -0.1) is 0 Å². The topological polar surface area (TPSA) is 58.1 Å². The number of hydrogen-bond acceptors (Lipinski definition) is 7. The van der Waals surface area contributed by atoms with E-state index in [1.54, 1.807) is 11.5 Å². The second-order valence-corrected chi connectivity index (χ2v) is 9.90. The standard InChI is InChI=1S/C25H28N4O3S/c30-25(19-5-6-21-22(15-19)32-17-31-21)29-10-8-18(16-29)7-9-27-11-13-28(14-12-27)24-20-3-1-2-4-23(20)33-26-24/h1-6,15,18H,7-14,16-17H2. The summed E-state index contributed by atoms with van der Waals surface area (Å²) in [5, 5.41) is 1.27. The Bertz CT molecular complexity index is 1160. The van der Waals surface area contributed by atoms with Crippen molar-refractivity contribution in [2.45, 2.75) is 12.8 Å². The van der Waals surface area contributed by atoms with Gasteiger partial charge in [-0.05, 0) is 67.2 Å². The van der Waals surface area contributed by atoms with Crippen LogP contribution in [0.4, 0.5) is 5.82 Å². The van der Waals surface area contributed by atoms with Crippen LogP contribution in [-0.2, 0) is 0 Å². The number of likely N-dealkylation sites (tertiary alicyclic amines) is 1. The molecule has 1 amide bonds. The molecule has 33 heavy (non-hydrogen) atoms. The van der Waals surface area contributed by atoms with Crippen LogP contribution >= 0.6 is 11.5 Å². The maximum atomic E-state index is 12.9. The van der Waals surface area contributed by atoms with Crippen molar-refractivity contribution < 1.29 is 14.3 Å². The molecule has 0 saturated carbocycles. The van der Waals surface area contributed by atoms with Gasteiger partial charge in [0.1, 0.15) is 5.82 Å². The molecule has 2 aromatic carbocycles. The smallest absolute Gasteiger partial charge is 0.254 e. The Morgan fingerprint density at radius 1 is 1.03 bits per heavy atom. The van der Waals surface area contributed by atoms with Gasteiger partial charge in [-0.25, -0.2) is 0 Å². The fourth-order valence-corrected chi connectivity index (χ4v) is 5.91. The molecule has 0 radical (unpaired) electrons. The summed E-state index contributed by atoms with van der Waals surface area (Å²) in [6, 6.07) is 14.0. The Morgan fingerprint density at radius 2 is 1.88 bits per heavy atom. The minimum atomic E-state index is 0.0971. The zero-order valence-electron chi connectivity index (χ0n) is 18.6. The molecule has 6 rings (SSSR count). The van der Waals surface area contributed by atoms with Gasteiger partial charge in [-0.3, -0.25) is 9.69 Å². The number of benzene rings is 2. The first kappa shape index (κ1) is 20.7. The van der Waals surface area contributed by atoms with Gasteiger partial charge in [0.25, 0.3) is 5.91 Å². The maximum Gasteiger partial charge on any atom is 0.254 e. The van der Waals surface area contributed by atoms with Crippen LogP contribution in [-0.4, -0.2) is 72.7 Å². The molecule has 7 nitrogen and oxygen atoms in total. The fraction of sp³-hybridized carbons (Fsp3) is 0.440. The third-order valence-corrected chi connectivity index (χ3v) is 7.89. The molecule has 0 spiro atoms. The van der Waals surface area contributed by atoms with E-state index in [-0.39, 0.29) is 12.7 Å². The van der Waals surface area contributed by atoms with E-state index in [1.807, 2.05) is 23.1 Å². The van der Waals surface area contributed by atoms with Crippen LogP contribution in [0, 0.1) is 5.92 Å². The molecule has 0 bridgehead atoms. The molecule has 172 valence electrons. The van der Waals surface area contributed by atoms with E-state index in [0.29, 0.717) is 23.0 Å². The van der Waals surface area contributed by atoms with E-state index < -0.39 is 0 Å². The number of anilines is 1. The lowest BCUT2D eigenvalue weighted by atomic mass is 10.0. The molecule has 3 aliphatic rings. The van der Waals surface area contributed by atoms with Crippen LogP contribution in [0.25, 0.3) is 10.1 Å². The lowest BCUT2D eigenvalue weighted by Gasteiger charge is -2.35. The van der Waals surface area contributed by atoms with Crippen LogP contribution < -0.4 is 14.4 Å². The summed E-state index contributed by atoms with van der Waals surface area (Å²) in [4.78, 5) is 19.9. The van der Waals surface area contributed by atoms with Crippen LogP contribution in [0.3, 0.4) is 0 Å². The molecule has 0 aliphatic carbocycles. The second-order valence-electron chi connectivity index (χ2n) is 9.09. The van der Waals surface area contributed by atoms with Crippen LogP contribution in [0.5, 0.6) is 11.5 Å². The van der Waals surface area contributed by atoms with E-state index in [0.717, 1.165) is 64.5 Å². The Labute approximate surface area is 197 Å². The van der Waals surface area contributed by atoms with Crippen molar-refractivity contribution in [1.82, 2.24) is 14.2 Å². The summed E-state index contributed by atoms with van der Waals surface area (Å²) in [5.41, 5.74) is 0.686. The molecule has 1 atom stereocenters. The summed E-state index contributed by atoms with van der Waals surface area (Å²) in [6.07, 6.45) is 2.23. The monoisotopic (exact) mass is 464 g/mol. The van der Waals surface area contributed by atoms with Crippen molar-refractivity contribution >= 4 is 33.3 Å². The molecule has 3 aliphatic heterocycles. The lowest BCUT2D eigenvalue weighted by molar-refractivity contribution is 0.0785. The van der Waals surface area contributed by atoms with E-state index in [9.17, 15) is 4.79 Å². The third-order valence-electron chi connectivity index (χ3n) is 7.08. The quantitative estimate of drug-likeness (QED) is 0.574. The molecule has 8 heteroatoms. The number of rotatable bonds is 5. The summed E-state index contributed by atoms with van der Waals surface area (Å²) < 4.78 is 16.8. The highest BCUT2D eigenvalue weighted by Crippen LogP contribution is 2.34. The first-order valence-corrected chi connectivity index (χ1v) is 12.5. The van der Waals surface area contributed by atoms with Crippen LogP contribution in [0.2, 0.25) is 0 Å². The predicted octanol–water partition coefficient (Wildman–Crippen LogP) is 3.70. The number of carbonyl (C=O) groups excluding carboxylic acids is 1. The normalized spacial score (nSPS) is 20.7. The number of carbonyl (C=O) groups is 1. The van der Waals surface area contributed by atoms with Gasteiger partial charge >= 0.3 is 0 Å². The van der Waals surface area contributed by atoms with Crippen molar-refractivity contribution in [3.05, 3.63) is 48.0 Å². The van der Waals surface area contributed by atoms with Crippen molar-refractivity contribution in [3.8, 4) is 11.5 Å². The van der Waals surface area contributed by atoms with Crippen molar-refractivity contribution in [3.63, 3.8) is 0 Å². The number of nitrogens with zero attached hydrogens (tertiary/aromatic N) is 4. The van der Waals surface area contributed by atoms with Crippen molar-refractivity contribution in [2.75, 3.05) is 57.5 Å². The molecule has 3 aromatic rings. The van der Waals surface area contributed by atoms with Gasteiger partial charge in [0, 0.05) is 50.2 Å². The first-order valence-electron chi connectivity index (χ1n) is 11.8. The minimum Gasteiger partial charge on any atom is -0.454 e. The number of ether oxygens (including phenoxy) is 2. The average Bonchev–Trinajstić information content (AvgIpc) is 3.61. The zero-order chi connectivity index (χ0) is 22.2. The maximum absolute atomic E-state index is 12.9. The largest absolute Gasteiger partial charge is 0.454 e. The Hall–Kier alpha value is -2.84. The molecule has 2 saturated heterocycles. The lowest BCUT2D eigenvalue weighted by Crippen LogP contribution is -2.47. The number of fused-ring (bicyclic) bond motifs is 2. The fourth-order valence-electron chi connectivity index (χ4n) is 5.11. The van der Waals surface area contributed by atoms with E-state index in [2.05, 4.69) is 34.1 Å². The van der Waals surface area contributed by atoms with Gasteiger partial charge in [0.05, 0.1) is 4.70 Å². The summed E-state index contributed by atoms with van der Waals surface area (Å²) in [5.74, 6) is 3.20. The molecule has 1 aromatic heterocycles. The van der Waals surface area contributed by atoms with Crippen LogP contribution in [0.1, 0.15) is 23.2 Å². The highest BCUT2D eigenvalue weighted by atomic mass is 32.1. The predicted molar refractivity (Wildman–Crippen MR) is 129 cm³/mol. The van der Waals surface area contributed by atoms with Crippen molar-refractivity contribution in [1.29, 1.82) is 0 Å². The van der Waals surface area contributed by atoms with Gasteiger partial charge in [-0.1, -0.05) is 12.1 Å². The van der Waals surface area contributed by atoms with Gasteiger partial charge in [-0.2, -0.15) is 4.37 Å². The Morgan fingerprint density at radius 3 is 2.79 bits per heavy atom. The van der Waals surface area contributed by atoms with Crippen molar-refractivity contribution in [2.24, 2.45) is 5.92 Å². The molecule has 0 N–H and O–H groups in total. The summed E-state index contributed by atoms with van der Waals surface area (Å²) in [7, 11) is 0. The van der Waals surface area contributed by atoms with Gasteiger partial charge in [0.2, 0.25) is 6.79 Å². The molecule has 4 heterocycles.